The van der Waals surface area contributed by atoms with Gasteiger partial charge in [-0.25, -0.2) is 0 Å². The molecule has 42 heavy (non-hydrogen) atoms. The van der Waals surface area contributed by atoms with Crippen molar-refractivity contribution >= 4 is 43.6 Å². The van der Waals surface area contributed by atoms with E-state index in [4.69, 9.17) is 10.3 Å². The minimum atomic E-state index is 0.655. The smallest absolute Gasteiger partial charge is 0.0703 e. The van der Waals surface area contributed by atoms with E-state index < -0.39 is 0 Å². The lowest BCUT2D eigenvalue weighted by Gasteiger charge is -2.30. The van der Waals surface area contributed by atoms with E-state index in [2.05, 4.69) is 94.9 Å². The largest absolute Gasteiger partial charge is 0.680 e. The Labute approximate surface area is 243 Å². The molecule has 0 bridgehead atoms. The predicted molar refractivity (Wildman–Crippen MR) is 174 cm³/mol. The van der Waals surface area contributed by atoms with Crippen molar-refractivity contribution in [3.05, 3.63) is 157 Å². The number of nitrogens with zero attached hydrogens (tertiary/aromatic N) is 4. The van der Waals surface area contributed by atoms with Gasteiger partial charge in [0, 0.05) is 42.1 Å². The van der Waals surface area contributed by atoms with Crippen molar-refractivity contribution in [2.75, 3.05) is 6.54 Å². The summed E-state index contributed by atoms with van der Waals surface area (Å²) < 4.78 is 0. The summed E-state index contributed by atoms with van der Waals surface area (Å²) in [6.07, 6.45) is 13.5. The fourth-order valence-electron chi connectivity index (χ4n) is 5.95. The molecule has 1 aliphatic rings. The second kappa shape index (κ2) is 10.1. The van der Waals surface area contributed by atoms with Crippen LogP contribution in [0.1, 0.15) is 11.1 Å². The zero-order valence-electron chi connectivity index (χ0n) is 22.8. The van der Waals surface area contributed by atoms with Crippen LogP contribution in [0.25, 0.3) is 71.3 Å². The summed E-state index contributed by atoms with van der Waals surface area (Å²) in [5, 5.41) is 12.4. The number of benzene rings is 4. The molecular weight excluding hydrogens is 512 g/mol. The Morgan fingerprint density at radius 1 is 0.476 bits per heavy atom. The first-order valence-corrected chi connectivity index (χ1v) is 14.1. The lowest BCUT2D eigenvalue weighted by Crippen LogP contribution is -1.98. The van der Waals surface area contributed by atoms with Crippen LogP contribution < -0.4 is 0 Å². The highest BCUT2D eigenvalue weighted by Crippen LogP contribution is 2.39. The van der Waals surface area contributed by atoms with Crippen LogP contribution in [0.4, 0.5) is 0 Å². The van der Waals surface area contributed by atoms with Gasteiger partial charge in [-0.3, -0.25) is 15.0 Å². The maximum atomic E-state index is 4.87. The fraction of sp³-hybridized carbons (Fsp3) is 0.0263. The molecule has 0 amide bonds. The van der Waals surface area contributed by atoms with Crippen LogP contribution in [0.3, 0.4) is 0 Å². The molecule has 0 unspecified atom stereocenters. The van der Waals surface area contributed by atoms with Gasteiger partial charge in [0.2, 0.25) is 0 Å². The second-order valence-electron chi connectivity index (χ2n) is 10.5. The number of aromatic nitrogens is 3. The molecule has 3 aromatic heterocycles. The van der Waals surface area contributed by atoms with Gasteiger partial charge in [0.15, 0.2) is 0 Å². The Balaban J connectivity index is 1.21. The Kier molecular flexibility index (Phi) is 5.82. The zero-order chi connectivity index (χ0) is 27.9. The molecule has 8 rings (SSSR count). The molecule has 0 aliphatic carbocycles. The molecule has 0 fully saturated rings. The Bertz CT molecular complexity index is 2140. The Morgan fingerprint density at radius 2 is 1.07 bits per heavy atom. The summed E-state index contributed by atoms with van der Waals surface area (Å²) in [6, 6.07) is 34.5. The number of pyridine rings is 3. The minimum absolute atomic E-state index is 0.655. The molecule has 0 atom stereocenters. The summed E-state index contributed by atoms with van der Waals surface area (Å²) >= 11 is 0. The average molecular weight is 538 g/mol. The van der Waals surface area contributed by atoms with Crippen LogP contribution in [0.2, 0.25) is 0 Å². The number of allylic oxidation sites excluding steroid dienone is 2. The van der Waals surface area contributed by atoms with Gasteiger partial charge in [-0.05, 0) is 91.5 Å². The molecule has 0 radical (unpaired) electrons. The summed E-state index contributed by atoms with van der Waals surface area (Å²) in [6.45, 7) is 0.655. The summed E-state index contributed by atoms with van der Waals surface area (Å²) in [5.74, 6) is 0. The normalized spacial score (nSPS) is 13.1. The first kappa shape index (κ1) is 24.2. The topological polar surface area (TPSA) is 52.8 Å². The number of fused-ring (bicyclic) bond motifs is 6. The first-order chi connectivity index (χ1) is 20.8. The Hall–Kier alpha value is -5.61. The molecule has 0 spiro atoms. The van der Waals surface area contributed by atoms with Crippen LogP contribution in [-0.2, 0) is 0 Å². The molecular formula is C38H25N4-. The van der Waals surface area contributed by atoms with Crippen LogP contribution in [0, 0.1) is 0 Å². The van der Waals surface area contributed by atoms with Gasteiger partial charge in [0.05, 0.1) is 5.69 Å². The Morgan fingerprint density at radius 3 is 1.69 bits per heavy atom. The number of hydrogen-bond acceptors (Lipinski definition) is 3. The van der Waals surface area contributed by atoms with Gasteiger partial charge in [0.25, 0.3) is 0 Å². The lowest BCUT2D eigenvalue weighted by molar-refractivity contribution is 1.29. The fourth-order valence-corrected chi connectivity index (χ4v) is 5.95. The van der Waals surface area contributed by atoms with Crippen LogP contribution in [0.5, 0.6) is 0 Å². The summed E-state index contributed by atoms with van der Waals surface area (Å²) in [5.41, 5.74) is 8.78. The maximum absolute atomic E-state index is 4.87. The molecule has 4 heteroatoms. The van der Waals surface area contributed by atoms with Gasteiger partial charge in [0.1, 0.15) is 0 Å². The zero-order valence-corrected chi connectivity index (χ0v) is 22.8. The van der Waals surface area contributed by atoms with E-state index in [1.165, 1.54) is 43.5 Å². The SMILES string of the molecule is C1=C(c2ccc3c4ccc(-c5ccc(-c6ccncc6)nc5)cc4c4ccccc4c3c2)C[N-]C(c2ccncc2)=C1. The van der Waals surface area contributed by atoms with Gasteiger partial charge < -0.3 is 5.32 Å². The van der Waals surface area contributed by atoms with Gasteiger partial charge >= 0.3 is 0 Å². The number of hydrogen-bond donors (Lipinski definition) is 0. The minimum Gasteiger partial charge on any atom is -0.680 e. The summed E-state index contributed by atoms with van der Waals surface area (Å²) in [7, 11) is 0. The molecule has 7 aromatic rings. The van der Waals surface area contributed by atoms with E-state index in [-0.39, 0.29) is 0 Å². The highest BCUT2D eigenvalue weighted by Gasteiger charge is 2.12. The van der Waals surface area contributed by atoms with Crippen molar-refractivity contribution in [2.24, 2.45) is 0 Å². The molecule has 0 N–H and O–H groups in total. The molecule has 4 nitrogen and oxygen atoms in total. The monoisotopic (exact) mass is 537 g/mol. The van der Waals surface area contributed by atoms with Crippen LogP contribution in [0.15, 0.2) is 140 Å². The predicted octanol–water partition coefficient (Wildman–Crippen LogP) is 9.48. The van der Waals surface area contributed by atoms with Crippen molar-refractivity contribution in [2.45, 2.75) is 0 Å². The van der Waals surface area contributed by atoms with E-state index in [0.29, 0.717) is 6.54 Å². The quantitative estimate of drug-likeness (QED) is 0.210. The second-order valence-corrected chi connectivity index (χ2v) is 10.5. The van der Waals surface area contributed by atoms with E-state index in [9.17, 15) is 0 Å². The molecule has 4 aromatic carbocycles. The third-order valence-corrected chi connectivity index (χ3v) is 8.12. The van der Waals surface area contributed by atoms with E-state index >= 15 is 0 Å². The van der Waals surface area contributed by atoms with Gasteiger partial charge in [-0.2, -0.15) is 0 Å². The average Bonchev–Trinajstić information content (AvgIpc) is 3.09. The third kappa shape index (κ3) is 4.21. The molecule has 1 aliphatic heterocycles. The van der Waals surface area contributed by atoms with Gasteiger partial charge in [-0.1, -0.05) is 72.3 Å². The van der Waals surface area contributed by atoms with Gasteiger partial charge in [-0.15, -0.1) is 12.2 Å². The molecule has 0 saturated heterocycles. The van der Waals surface area contributed by atoms with E-state index in [1.807, 2.05) is 42.9 Å². The first-order valence-electron chi connectivity index (χ1n) is 14.1. The lowest BCUT2D eigenvalue weighted by atomic mass is 9.90. The van der Waals surface area contributed by atoms with Crippen molar-refractivity contribution in [1.82, 2.24) is 15.0 Å². The van der Waals surface area contributed by atoms with Crippen LogP contribution in [-0.4, -0.2) is 21.5 Å². The standard InChI is InChI=1S/C38H25N4/c1-2-4-32-31(3-1)35-21-27(29-7-11-37(41-23-29)25-13-17-39-18-14-25)5-9-33(35)34-10-6-28(22-36(32)34)30-8-12-38(42-24-30)26-15-19-40-20-16-26/h1-23H,24H2/q-1. The third-order valence-electron chi connectivity index (χ3n) is 8.12. The van der Waals surface area contributed by atoms with Crippen molar-refractivity contribution in [3.8, 4) is 22.4 Å². The summed E-state index contributed by atoms with van der Waals surface area (Å²) in [4.78, 5) is 13.0. The highest BCUT2D eigenvalue weighted by molar-refractivity contribution is 6.26. The van der Waals surface area contributed by atoms with Crippen molar-refractivity contribution < 1.29 is 0 Å². The van der Waals surface area contributed by atoms with E-state index in [0.717, 1.165) is 33.6 Å². The molecule has 198 valence electrons. The van der Waals surface area contributed by atoms with Crippen molar-refractivity contribution in [1.29, 1.82) is 0 Å². The number of rotatable bonds is 4. The molecule has 4 heterocycles. The highest BCUT2D eigenvalue weighted by atomic mass is 14.9. The maximum Gasteiger partial charge on any atom is 0.0703 e. The van der Waals surface area contributed by atoms with E-state index in [1.54, 1.807) is 12.4 Å². The van der Waals surface area contributed by atoms with Crippen molar-refractivity contribution in [3.63, 3.8) is 0 Å². The van der Waals surface area contributed by atoms with Crippen LogP contribution >= 0.6 is 0 Å². The molecule has 0 saturated carbocycles.